The summed E-state index contributed by atoms with van der Waals surface area (Å²) in [7, 11) is 0. The summed E-state index contributed by atoms with van der Waals surface area (Å²) in [5, 5.41) is 8.75. The Morgan fingerprint density at radius 1 is 1.39 bits per heavy atom. The molecule has 0 unspecified atom stereocenters. The Kier molecular flexibility index (Phi) is 4.55. The molecule has 0 bridgehead atoms. The molecule has 5 nitrogen and oxygen atoms in total. The van der Waals surface area contributed by atoms with E-state index >= 15 is 0 Å². The topological polar surface area (TPSA) is 66.8 Å². The Labute approximate surface area is 102 Å². The lowest BCUT2D eigenvalue weighted by molar-refractivity contribution is -0.188. The number of nitrogens with zero attached hydrogens (tertiary/aromatic N) is 1. The predicted octanol–water partition coefficient (Wildman–Crippen LogP) is 0.744. The van der Waals surface area contributed by atoms with Gasteiger partial charge in [-0.05, 0) is 6.92 Å². The summed E-state index contributed by atoms with van der Waals surface area (Å²) in [5.41, 5.74) is 0. The van der Waals surface area contributed by atoms with Gasteiger partial charge in [-0.1, -0.05) is 0 Å². The van der Waals surface area contributed by atoms with E-state index in [0.29, 0.717) is 0 Å². The Morgan fingerprint density at radius 3 is 2.39 bits per heavy atom. The van der Waals surface area contributed by atoms with E-state index in [-0.39, 0.29) is 13.2 Å². The van der Waals surface area contributed by atoms with Crippen molar-refractivity contribution in [2.24, 2.45) is 11.8 Å². The number of amides is 1. The molecule has 0 aromatic rings. The number of ether oxygens (including phenoxy) is 1. The highest BCUT2D eigenvalue weighted by atomic mass is 19.4. The molecule has 0 aliphatic carbocycles. The lowest BCUT2D eigenvalue weighted by Gasteiger charge is -2.18. The minimum atomic E-state index is -4.62. The molecule has 0 saturated carbocycles. The van der Waals surface area contributed by atoms with Gasteiger partial charge >= 0.3 is 12.1 Å². The van der Waals surface area contributed by atoms with Crippen LogP contribution in [0.15, 0.2) is 0 Å². The van der Waals surface area contributed by atoms with Crippen molar-refractivity contribution >= 4 is 11.9 Å². The largest absolute Gasteiger partial charge is 0.481 e. The van der Waals surface area contributed by atoms with Crippen LogP contribution in [0.2, 0.25) is 0 Å². The summed E-state index contributed by atoms with van der Waals surface area (Å²) < 4.78 is 42.7. The van der Waals surface area contributed by atoms with Crippen LogP contribution in [0.4, 0.5) is 13.2 Å². The molecule has 0 aromatic carbocycles. The lowest BCUT2D eigenvalue weighted by atomic mass is 9.96. The molecular weight excluding hydrogens is 255 g/mol. The van der Waals surface area contributed by atoms with E-state index in [9.17, 15) is 22.8 Å². The number of rotatable bonds is 4. The second-order valence-electron chi connectivity index (χ2n) is 4.03. The first-order valence-electron chi connectivity index (χ1n) is 5.42. The zero-order valence-corrected chi connectivity index (χ0v) is 9.74. The maximum absolute atomic E-state index is 12.6. The van der Waals surface area contributed by atoms with Crippen molar-refractivity contribution < 1.29 is 32.6 Å². The number of likely N-dealkylation sites (tertiary alicyclic amines) is 1. The quantitative estimate of drug-likeness (QED) is 0.817. The van der Waals surface area contributed by atoms with Crippen molar-refractivity contribution in [3.8, 4) is 0 Å². The monoisotopic (exact) mass is 269 g/mol. The van der Waals surface area contributed by atoms with Crippen molar-refractivity contribution in [3.63, 3.8) is 0 Å². The minimum Gasteiger partial charge on any atom is -0.481 e. The fraction of sp³-hybridized carbons (Fsp3) is 0.800. The van der Waals surface area contributed by atoms with Crippen molar-refractivity contribution in [2.75, 3.05) is 26.3 Å². The van der Waals surface area contributed by atoms with Crippen molar-refractivity contribution in [3.05, 3.63) is 0 Å². The molecule has 104 valence electrons. The van der Waals surface area contributed by atoms with E-state index in [1.807, 2.05) is 0 Å². The molecule has 0 aromatic heterocycles. The second kappa shape index (κ2) is 5.55. The number of halogens is 3. The highest BCUT2D eigenvalue weighted by molar-refractivity contribution is 5.80. The standard InChI is InChI=1S/C10H14F3NO4/c1-2-18-5-8(15)14-3-6(9(16)17)7(4-14)10(11,12)13/h6-7H,2-5H2,1H3,(H,16,17)/t6-,7-/m1/s1. The third-order valence-corrected chi connectivity index (χ3v) is 2.84. The number of carbonyl (C=O) groups excluding carboxylic acids is 1. The SMILES string of the molecule is CCOCC(=O)N1C[C@@H](C(F)(F)F)[C@H](C(=O)O)C1. The average molecular weight is 269 g/mol. The summed E-state index contributed by atoms with van der Waals surface area (Å²) in [5.74, 6) is -5.77. The van der Waals surface area contributed by atoms with Gasteiger partial charge in [-0.2, -0.15) is 13.2 Å². The highest BCUT2D eigenvalue weighted by Gasteiger charge is 2.53. The summed E-state index contributed by atoms with van der Waals surface area (Å²) in [6.45, 7) is 0.547. The van der Waals surface area contributed by atoms with Gasteiger partial charge in [-0.15, -0.1) is 0 Å². The van der Waals surface area contributed by atoms with Crippen LogP contribution in [0.5, 0.6) is 0 Å². The summed E-state index contributed by atoms with van der Waals surface area (Å²) in [6.07, 6.45) is -4.62. The van der Waals surface area contributed by atoms with Crippen LogP contribution < -0.4 is 0 Å². The number of carboxylic acid groups (broad SMARTS) is 1. The number of hydrogen-bond acceptors (Lipinski definition) is 3. The van der Waals surface area contributed by atoms with Gasteiger partial charge in [0.2, 0.25) is 5.91 Å². The molecule has 1 amide bonds. The van der Waals surface area contributed by atoms with Crippen LogP contribution in [0.3, 0.4) is 0 Å². The molecule has 1 fully saturated rings. The predicted molar refractivity (Wildman–Crippen MR) is 53.7 cm³/mol. The van der Waals surface area contributed by atoms with E-state index in [4.69, 9.17) is 9.84 Å². The second-order valence-corrected chi connectivity index (χ2v) is 4.03. The number of carbonyl (C=O) groups is 2. The molecule has 1 heterocycles. The van der Waals surface area contributed by atoms with E-state index in [1.165, 1.54) is 0 Å². The summed E-state index contributed by atoms with van der Waals surface area (Å²) >= 11 is 0. The molecule has 0 spiro atoms. The van der Waals surface area contributed by atoms with E-state index < -0.39 is 43.0 Å². The Morgan fingerprint density at radius 2 is 2.00 bits per heavy atom. The molecule has 1 aliphatic rings. The summed E-state index contributed by atoms with van der Waals surface area (Å²) in [4.78, 5) is 23.2. The maximum atomic E-state index is 12.6. The zero-order chi connectivity index (χ0) is 13.9. The fourth-order valence-electron chi connectivity index (χ4n) is 1.87. The molecular formula is C10H14F3NO4. The van der Waals surface area contributed by atoms with E-state index in [2.05, 4.69) is 0 Å². The van der Waals surface area contributed by atoms with Crippen LogP contribution in [0.1, 0.15) is 6.92 Å². The van der Waals surface area contributed by atoms with Crippen LogP contribution in [-0.4, -0.2) is 54.4 Å². The fourth-order valence-corrected chi connectivity index (χ4v) is 1.87. The van der Waals surface area contributed by atoms with Crippen molar-refractivity contribution in [2.45, 2.75) is 13.1 Å². The lowest BCUT2D eigenvalue weighted by Crippen LogP contribution is -2.34. The van der Waals surface area contributed by atoms with Gasteiger partial charge in [0, 0.05) is 19.7 Å². The molecule has 8 heteroatoms. The highest BCUT2D eigenvalue weighted by Crippen LogP contribution is 2.37. The molecule has 0 radical (unpaired) electrons. The smallest absolute Gasteiger partial charge is 0.394 e. The van der Waals surface area contributed by atoms with Crippen LogP contribution in [0, 0.1) is 11.8 Å². The van der Waals surface area contributed by atoms with Gasteiger partial charge in [0.1, 0.15) is 6.61 Å². The first-order chi connectivity index (χ1) is 8.27. The molecule has 1 saturated heterocycles. The Hall–Kier alpha value is -1.31. The van der Waals surface area contributed by atoms with Crippen LogP contribution >= 0.6 is 0 Å². The minimum absolute atomic E-state index is 0.268. The first kappa shape index (κ1) is 14.7. The maximum Gasteiger partial charge on any atom is 0.394 e. The van der Waals surface area contributed by atoms with Gasteiger partial charge in [0.15, 0.2) is 0 Å². The normalized spacial score (nSPS) is 24.3. The Bertz CT molecular complexity index is 332. The molecule has 18 heavy (non-hydrogen) atoms. The van der Waals surface area contributed by atoms with Gasteiger partial charge in [-0.25, -0.2) is 0 Å². The number of carboxylic acids is 1. The van der Waals surface area contributed by atoms with Gasteiger partial charge in [0.05, 0.1) is 11.8 Å². The van der Waals surface area contributed by atoms with E-state index in [0.717, 1.165) is 4.90 Å². The number of alkyl halides is 3. The Balaban J connectivity index is 2.72. The van der Waals surface area contributed by atoms with Gasteiger partial charge in [-0.3, -0.25) is 9.59 Å². The van der Waals surface area contributed by atoms with Gasteiger partial charge in [0.25, 0.3) is 0 Å². The number of hydrogen-bond donors (Lipinski definition) is 1. The van der Waals surface area contributed by atoms with Crippen molar-refractivity contribution in [1.82, 2.24) is 4.90 Å². The zero-order valence-electron chi connectivity index (χ0n) is 9.74. The third-order valence-electron chi connectivity index (χ3n) is 2.84. The molecule has 1 rings (SSSR count). The van der Waals surface area contributed by atoms with Gasteiger partial charge < -0.3 is 14.7 Å². The summed E-state index contributed by atoms with van der Waals surface area (Å²) in [6, 6.07) is 0. The van der Waals surface area contributed by atoms with E-state index in [1.54, 1.807) is 6.92 Å². The molecule has 1 aliphatic heterocycles. The van der Waals surface area contributed by atoms with Crippen LogP contribution in [0.25, 0.3) is 0 Å². The first-order valence-corrected chi connectivity index (χ1v) is 5.42. The van der Waals surface area contributed by atoms with Crippen molar-refractivity contribution in [1.29, 1.82) is 0 Å². The average Bonchev–Trinajstić information content (AvgIpc) is 2.70. The molecule has 2 atom stereocenters. The molecule has 1 N–H and O–H groups in total. The number of aliphatic carboxylic acids is 1. The third kappa shape index (κ3) is 3.34. The van der Waals surface area contributed by atoms with Crippen LogP contribution in [-0.2, 0) is 14.3 Å².